The first-order valence-corrected chi connectivity index (χ1v) is 1.90. The summed E-state index contributed by atoms with van der Waals surface area (Å²) in [5.41, 5.74) is -0.0648. The van der Waals surface area contributed by atoms with Gasteiger partial charge in [0.25, 0.3) is 0 Å². The van der Waals surface area contributed by atoms with Crippen molar-refractivity contribution in [1.82, 2.24) is 15.4 Å². The molecule has 2 N–H and O–H groups in total. The Bertz CT molecular complexity index is 185. The maximum absolute atomic E-state index is 9.94. The quantitative estimate of drug-likeness (QED) is 0.561. The Kier molecular flexibility index (Phi) is 2.94. The van der Waals surface area contributed by atoms with Gasteiger partial charge >= 0.3 is 5.97 Å². The number of rotatable bonds is 1. The molecule has 5 nitrogen and oxygen atoms in total. The zero-order chi connectivity index (χ0) is 5.98. The van der Waals surface area contributed by atoms with Crippen LogP contribution in [0.15, 0.2) is 6.20 Å². The standard InChI is InChI=1S/C3H3N3O2.As/c7-3(8)2-1-4-6-5-2;/h1H,(H,7,8)(H,4,5,6);. The molecule has 0 saturated carbocycles. The molecule has 0 aliphatic carbocycles. The number of carboxylic acid groups (broad SMARTS) is 1. The minimum Gasteiger partial charge on any atom is -0.476 e. The predicted octanol–water partition coefficient (Wildman–Crippen LogP) is -0.878. The molecule has 0 saturated heterocycles. The minimum atomic E-state index is -1.07. The average Bonchev–Trinajstić information content (AvgIpc) is 2.12. The molecule has 0 fully saturated rings. The van der Waals surface area contributed by atoms with Gasteiger partial charge < -0.3 is 5.11 Å². The SMILES string of the molecule is O=C(O)c1cn[nH]n1.[As]. The number of carbonyl (C=O) groups is 1. The Morgan fingerprint density at radius 1 is 1.78 bits per heavy atom. The molecule has 0 aromatic carbocycles. The van der Waals surface area contributed by atoms with Crippen LogP contribution in [0.5, 0.6) is 0 Å². The first-order valence-electron chi connectivity index (χ1n) is 1.90. The Balaban J connectivity index is 0.000000640. The van der Waals surface area contributed by atoms with Crippen LogP contribution in [-0.4, -0.2) is 44.4 Å². The molecular weight excluding hydrogens is 185 g/mol. The molecule has 0 aliphatic heterocycles. The molecule has 9 heavy (non-hydrogen) atoms. The van der Waals surface area contributed by atoms with Gasteiger partial charge in [0.2, 0.25) is 0 Å². The summed E-state index contributed by atoms with van der Waals surface area (Å²) >= 11 is 0. The summed E-state index contributed by atoms with van der Waals surface area (Å²) in [4.78, 5) is 9.94. The molecule has 0 amide bonds. The number of hydrogen-bond donors (Lipinski definition) is 2. The van der Waals surface area contributed by atoms with Crippen molar-refractivity contribution in [2.75, 3.05) is 0 Å². The first kappa shape index (κ1) is 8.17. The van der Waals surface area contributed by atoms with E-state index in [4.69, 9.17) is 5.11 Å². The molecule has 1 aromatic heterocycles. The summed E-state index contributed by atoms with van der Waals surface area (Å²) in [6.45, 7) is 0. The molecular formula is C3H3AsN3O2. The van der Waals surface area contributed by atoms with E-state index in [-0.39, 0.29) is 23.6 Å². The van der Waals surface area contributed by atoms with Crippen molar-refractivity contribution in [3.8, 4) is 0 Å². The van der Waals surface area contributed by atoms with Crippen molar-refractivity contribution in [2.24, 2.45) is 0 Å². The number of nitrogens with one attached hydrogen (secondary N) is 1. The molecule has 3 radical (unpaired) electrons. The molecule has 0 aliphatic rings. The van der Waals surface area contributed by atoms with Gasteiger partial charge in [-0.25, -0.2) is 4.79 Å². The number of carboxylic acids is 1. The molecule has 0 bridgehead atoms. The van der Waals surface area contributed by atoms with Crippen LogP contribution in [-0.2, 0) is 0 Å². The van der Waals surface area contributed by atoms with E-state index in [1.807, 2.05) is 0 Å². The van der Waals surface area contributed by atoms with Crippen LogP contribution in [0.4, 0.5) is 0 Å². The molecule has 1 aromatic rings. The van der Waals surface area contributed by atoms with E-state index in [9.17, 15) is 4.79 Å². The van der Waals surface area contributed by atoms with Gasteiger partial charge in [-0.15, -0.1) is 5.10 Å². The second-order valence-electron chi connectivity index (χ2n) is 1.16. The molecule has 0 spiro atoms. The number of aromatic nitrogens is 3. The Labute approximate surface area is 61.8 Å². The van der Waals surface area contributed by atoms with E-state index in [0.717, 1.165) is 6.20 Å². The maximum atomic E-state index is 9.94. The maximum Gasteiger partial charge on any atom is 0.358 e. The van der Waals surface area contributed by atoms with Gasteiger partial charge in [0.05, 0.1) is 6.20 Å². The zero-order valence-corrected chi connectivity index (χ0v) is 6.15. The van der Waals surface area contributed by atoms with E-state index in [2.05, 4.69) is 15.4 Å². The van der Waals surface area contributed by atoms with Gasteiger partial charge in [-0.2, -0.15) is 10.3 Å². The summed E-state index contributed by atoms with van der Waals surface area (Å²) in [7, 11) is 0. The monoisotopic (exact) mass is 188 g/mol. The van der Waals surface area contributed by atoms with Gasteiger partial charge in [-0.05, 0) is 0 Å². The molecule has 1 rings (SSSR count). The normalized spacial score (nSPS) is 8.00. The second-order valence-corrected chi connectivity index (χ2v) is 1.16. The molecule has 47 valence electrons. The average molecular weight is 188 g/mol. The summed E-state index contributed by atoms with van der Waals surface area (Å²) in [5.74, 6) is -1.07. The third-order valence-electron chi connectivity index (χ3n) is 0.634. The van der Waals surface area contributed by atoms with Gasteiger partial charge in [0.15, 0.2) is 5.69 Å². The largest absolute Gasteiger partial charge is 0.476 e. The molecule has 0 unspecified atom stereocenters. The number of H-pyrrole nitrogens is 1. The van der Waals surface area contributed by atoms with Crippen molar-refractivity contribution in [3.63, 3.8) is 0 Å². The third-order valence-corrected chi connectivity index (χ3v) is 0.634. The summed E-state index contributed by atoms with van der Waals surface area (Å²) in [6.07, 6.45) is 1.14. The number of nitrogens with zero attached hydrogens (tertiary/aromatic N) is 2. The number of hydrogen-bond acceptors (Lipinski definition) is 3. The summed E-state index contributed by atoms with van der Waals surface area (Å²) < 4.78 is 0. The topological polar surface area (TPSA) is 78.9 Å². The second kappa shape index (κ2) is 3.24. The number of aromatic amines is 1. The van der Waals surface area contributed by atoms with Gasteiger partial charge in [0.1, 0.15) is 0 Å². The summed E-state index contributed by atoms with van der Waals surface area (Å²) in [5, 5.41) is 16.9. The van der Waals surface area contributed by atoms with Crippen molar-refractivity contribution in [2.45, 2.75) is 0 Å². The van der Waals surface area contributed by atoms with Crippen LogP contribution >= 0.6 is 0 Å². The molecule has 0 atom stereocenters. The van der Waals surface area contributed by atoms with E-state index < -0.39 is 5.97 Å². The molecule has 6 heteroatoms. The van der Waals surface area contributed by atoms with Crippen LogP contribution in [0.2, 0.25) is 0 Å². The van der Waals surface area contributed by atoms with Crippen LogP contribution in [0.3, 0.4) is 0 Å². The van der Waals surface area contributed by atoms with Crippen LogP contribution in [0, 0.1) is 0 Å². The smallest absolute Gasteiger partial charge is 0.358 e. The summed E-state index contributed by atoms with van der Waals surface area (Å²) in [6, 6.07) is 0. The van der Waals surface area contributed by atoms with Gasteiger partial charge in [-0.3, -0.25) is 0 Å². The first-order chi connectivity index (χ1) is 3.80. The van der Waals surface area contributed by atoms with Crippen LogP contribution in [0.25, 0.3) is 0 Å². The van der Waals surface area contributed by atoms with Gasteiger partial charge in [-0.1, -0.05) is 0 Å². The van der Waals surface area contributed by atoms with Crippen molar-refractivity contribution < 1.29 is 9.90 Å². The zero-order valence-electron chi connectivity index (χ0n) is 4.27. The Hall–Kier alpha value is -0.832. The van der Waals surface area contributed by atoms with Crippen LogP contribution in [0.1, 0.15) is 10.5 Å². The fourth-order valence-electron chi connectivity index (χ4n) is 0.305. The van der Waals surface area contributed by atoms with E-state index in [0.29, 0.717) is 0 Å². The van der Waals surface area contributed by atoms with Crippen LogP contribution < -0.4 is 0 Å². The third kappa shape index (κ3) is 1.85. The molecule has 1 heterocycles. The van der Waals surface area contributed by atoms with E-state index in [1.54, 1.807) is 0 Å². The van der Waals surface area contributed by atoms with Crippen molar-refractivity contribution in [1.29, 1.82) is 0 Å². The Morgan fingerprint density at radius 2 is 2.44 bits per heavy atom. The number of aromatic carboxylic acids is 1. The Morgan fingerprint density at radius 3 is 2.67 bits per heavy atom. The fraction of sp³-hybridized carbons (Fsp3) is 0. The van der Waals surface area contributed by atoms with E-state index in [1.165, 1.54) is 0 Å². The van der Waals surface area contributed by atoms with E-state index >= 15 is 0 Å². The van der Waals surface area contributed by atoms with Crippen molar-refractivity contribution in [3.05, 3.63) is 11.9 Å². The predicted molar refractivity (Wildman–Crippen MR) is 29.1 cm³/mol. The fourth-order valence-corrected chi connectivity index (χ4v) is 0.305. The van der Waals surface area contributed by atoms with Gasteiger partial charge in [0, 0.05) is 18.0 Å². The van der Waals surface area contributed by atoms with Crippen molar-refractivity contribution >= 4 is 23.9 Å². The minimum absolute atomic E-state index is 0.